The highest BCUT2D eigenvalue weighted by molar-refractivity contribution is 5.02. The number of aromatic nitrogens is 2. The van der Waals surface area contributed by atoms with Crippen molar-refractivity contribution in [3.63, 3.8) is 0 Å². The Morgan fingerprint density at radius 3 is 2.62 bits per heavy atom. The second kappa shape index (κ2) is 5.86. The van der Waals surface area contributed by atoms with Crippen molar-refractivity contribution >= 4 is 0 Å². The second-order valence-corrected chi connectivity index (χ2v) is 3.07. The zero-order valence-corrected chi connectivity index (χ0v) is 8.83. The van der Waals surface area contributed by atoms with Crippen molar-refractivity contribution in [2.24, 2.45) is 0 Å². The molecule has 1 aromatic rings. The van der Waals surface area contributed by atoms with E-state index < -0.39 is 11.9 Å². The molecule has 0 aliphatic carbocycles. The summed E-state index contributed by atoms with van der Waals surface area (Å²) in [5.74, 6) is 0. The average molecular weight is 238 g/mol. The Hall–Kier alpha value is -1.08. The van der Waals surface area contributed by atoms with Crippen LogP contribution in [0.15, 0.2) is 12.3 Å². The number of hydrogen-bond donors (Lipinski definition) is 0. The van der Waals surface area contributed by atoms with E-state index in [-0.39, 0.29) is 0 Å². The van der Waals surface area contributed by atoms with Crippen LogP contribution in [0.4, 0.5) is 13.2 Å². The summed E-state index contributed by atoms with van der Waals surface area (Å²) in [6.07, 6.45) is -3.11. The van der Waals surface area contributed by atoms with Gasteiger partial charge >= 0.3 is 6.18 Å². The molecule has 0 spiro atoms. The molecule has 92 valence electrons. The van der Waals surface area contributed by atoms with E-state index in [2.05, 4.69) is 5.10 Å². The van der Waals surface area contributed by atoms with Crippen molar-refractivity contribution in [2.45, 2.75) is 12.7 Å². The first-order valence-corrected chi connectivity index (χ1v) is 4.71. The lowest BCUT2D eigenvalue weighted by Gasteiger charge is -2.04. The van der Waals surface area contributed by atoms with Gasteiger partial charge in [0.25, 0.3) is 0 Å². The fourth-order valence-electron chi connectivity index (χ4n) is 1.04. The molecule has 4 nitrogen and oxygen atoms in total. The molecule has 0 aliphatic rings. The Morgan fingerprint density at radius 1 is 1.31 bits per heavy atom. The number of nitrogens with zero attached hydrogens (tertiary/aromatic N) is 2. The monoisotopic (exact) mass is 238 g/mol. The first-order valence-electron chi connectivity index (χ1n) is 4.71. The largest absolute Gasteiger partial charge is 0.435 e. The van der Waals surface area contributed by atoms with E-state index in [0.29, 0.717) is 26.4 Å². The Morgan fingerprint density at radius 2 is 2.06 bits per heavy atom. The Kier molecular flexibility index (Phi) is 4.75. The van der Waals surface area contributed by atoms with Crippen LogP contribution in [0.3, 0.4) is 0 Å². The molecule has 0 N–H and O–H groups in total. The number of halogens is 3. The SMILES string of the molecule is COCCOCCn1ccc(C(F)(F)F)n1. The molecule has 0 aromatic carbocycles. The molecule has 0 unspecified atom stereocenters. The summed E-state index contributed by atoms with van der Waals surface area (Å²) in [6, 6.07) is 0.940. The number of alkyl halides is 3. The third-order valence-corrected chi connectivity index (χ3v) is 1.83. The predicted octanol–water partition coefficient (Wildman–Crippen LogP) is 1.56. The highest BCUT2D eigenvalue weighted by Crippen LogP contribution is 2.27. The van der Waals surface area contributed by atoms with Crippen molar-refractivity contribution < 1.29 is 22.6 Å². The van der Waals surface area contributed by atoms with Gasteiger partial charge in [0.2, 0.25) is 0 Å². The van der Waals surface area contributed by atoms with Crippen LogP contribution in [0.5, 0.6) is 0 Å². The van der Waals surface area contributed by atoms with Crippen LogP contribution in [-0.2, 0) is 22.2 Å². The van der Waals surface area contributed by atoms with Gasteiger partial charge in [-0.25, -0.2) is 0 Å². The summed E-state index contributed by atoms with van der Waals surface area (Å²) in [6.45, 7) is 1.49. The van der Waals surface area contributed by atoms with Gasteiger partial charge in [-0.3, -0.25) is 4.68 Å². The van der Waals surface area contributed by atoms with E-state index in [1.807, 2.05) is 0 Å². The molecular formula is C9H13F3N2O2. The highest BCUT2D eigenvalue weighted by atomic mass is 19.4. The maximum Gasteiger partial charge on any atom is 0.435 e. The van der Waals surface area contributed by atoms with Gasteiger partial charge in [0.05, 0.1) is 26.4 Å². The molecule has 0 aliphatic heterocycles. The van der Waals surface area contributed by atoms with E-state index in [9.17, 15) is 13.2 Å². The molecule has 1 rings (SSSR count). The minimum Gasteiger partial charge on any atom is -0.382 e. The number of rotatable bonds is 6. The standard InChI is InChI=1S/C9H13F3N2O2/c1-15-6-7-16-5-4-14-3-2-8(13-14)9(10,11)12/h2-3H,4-7H2,1H3. The highest BCUT2D eigenvalue weighted by Gasteiger charge is 2.33. The number of hydrogen-bond acceptors (Lipinski definition) is 3. The first kappa shape index (κ1) is 13.0. The number of methoxy groups -OCH3 is 1. The fourth-order valence-corrected chi connectivity index (χ4v) is 1.04. The van der Waals surface area contributed by atoms with Gasteiger partial charge in [-0.05, 0) is 6.07 Å². The minimum absolute atomic E-state index is 0.291. The van der Waals surface area contributed by atoms with Crippen LogP contribution in [0, 0.1) is 0 Å². The predicted molar refractivity (Wildman–Crippen MR) is 49.9 cm³/mol. The fraction of sp³-hybridized carbons (Fsp3) is 0.667. The van der Waals surface area contributed by atoms with Crippen LogP contribution in [-0.4, -0.2) is 36.7 Å². The topological polar surface area (TPSA) is 36.3 Å². The van der Waals surface area contributed by atoms with Crippen LogP contribution in [0.1, 0.15) is 5.69 Å². The van der Waals surface area contributed by atoms with E-state index in [1.165, 1.54) is 10.9 Å². The number of ether oxygens (including phenoxy) is 2. The lowest BCUT2D eigenvalue weighted by atomic mass is 10.4. The van der Waals surface area contributed by atoms with E-state index in [4.69, 9.17) is 9.47 Å². The molecule has 0 radical (unpaired) electrons. The van der Waals surface area contributed by atoms with Crippen LogP contribution in [0.2, 0.25) is 0 Å². The summed E-state index contributed by atoms with van der Waals surface area (Å²) in [7, 11) is 1.55. The molecule has 0 amide bonds. The Labute approximate surface area is 91.0 Å². The van der Waals surface area contributed by atoms with Gasteiger partial charge in [-0.1, -0.05) is 0 Å². The molecule has 7 heteroatoms. The van der Waals surface area contributed by atoms with Crippen molar-refractivity contribution in [1.82, 2.24) is 9.78 Å². The molecule has 0 saturated carbocycles. The Balaban J connectivity index is 2.30. The molecule has 0 atom stereocenters. The van der Waals surface area contributed by atoms with E-state index in [1.54, 1.807) is 7.11 Å². The lowest BCUT2D eigenvalue weighted by Crippen LogP contribution is -2.12. The van der Waals surface area contributed by atoms with E-state index in [0.717, 1.165) is 6.07 Å². The van der Waals surface area contributed by atoms with Gasteiger partial charge in [-0.15, -0.1) is 0 Å². The van der Waals surface area contributed by atoms with Crippen LogP contribution < -0.4 is 0 Å². The maximum atomic E-state index is 12.2. The van der Waals surface area contributed by atoms with Crippen molar-refractivity contribution in [3.05, 3.63) is 18.0 Å². The molecule has 0 bridgehead atoms. The first-order chi connectivity index (χ1) is 7.54. The average Bonchev–Trinajstić information content (AvgIpc) is 2.65. The second-order valence-electron chi connectivity index (χ2n) is 3.07. The normalized spacial score (nSPS) is 12.0. The molecule has 0 fully saturated rings. The zero-order valence-electron chi connectivity index (χ0n) is 8.83. The third kappa shape index (κ3) is 4.19. The van der Waals surface area contributed by atoms with Crippen molar-refractivity contribution in [2.75, 3.05) is 26.9 Å². The van der Waals surface area contributed by atoms with Crippen molar-refractivity contribution in [3.8, 4) is 0 Å². The maximum absolute atomic E-state index is 12.2. The lowest BCUT2D eigenvalue weighted by molar-refractivity contribution is -0.141. The summed E-state index contributed by atoms with van der Waals surface area (Å²) in [5, 5.41) is 3.38. The Bertz CT molecular complexity index is 312. The van der Waals surface area contributed by atoms with E-state index >= 15 is 0 Å². The van der Waals surface area contributed by atoms with Gasteiger partial charge < -0.3 is 9.47 Å². The summed E-state index contributed by atoms with van der Waals surface area (Å²) in [5.41, 5.74) is -0.885. The van der Waals surface area contributed by atoms with Crippen LogP contribution >= 0.6 is 0 Å². The van der Waals surface area contributed by atoms with Gasteiger partial charge in [0.1, 0.15) is 0 Å². The molecule has 1 aromatic heterocycles. The van der Waals surface area contributed by atoms with Crippen LogP contribution in [0.25, 0.3) is 0 Å². The quantitative estimate of drug-likeness (QED) is 0.706. The third-order valence-electron chi connectivity index (χ3n) is 1.83. The van der Waals surface area contributed by atoms with Crippen molar-refractivity contribution in [1.29, 1.82) is 0 Å². The summed E-state index contributed by atoms with van der Waals surface area (Å²) < 4.78 is 47.6. The molecular weight excluding hydrogens is 225 g/mol. The minimum atomic E-state index is -4.39. The van der Waals surface area contributed by atoms with Gasteiger partial charge in [0.15, 0.2) is 5.69 Å². The van der Waals surface area contributed by atoms with Gasteiger partial charge in [0, 0.05) is 13.3 Å². The molecule has 0 saturated heterocycles. The molecule has 1 heterocycles. The zero-order chi connectivity index (χ0) is 12.0. The van der Waals surface area contributed by atoms with Gasteiger partial charge in [-0.2, -0.15) is 18.3 Å². The summed E-state index contributed by atoms with van der Waals surface area (Å²) >= 11 is 0. The smallest absolute Gasteiger partial charge is 0.382 e. The molecule has 16 heavy (non-hydrogen) atoms. The summed E-state index contributed by atoms with van der Waals surface area (Å²) in [4.78, 5) is 0.